The van der Waals surface area contributed by atoms with Gasteiger partial charge in [0.25, 0.3) is 0 Å². The molecule has 0 aliphatic heterocycles. The van der Waals surface area contributed by atoms with Gasteiger partial charge in [-0.05, 0) is 36.8 Å². The van der Waals surface area contributed by atoms with Crippen LogP contribution in [0, 0.1) is 0 Å². The largest absolute Gasteiger partial charge is 0.324 e. The van der Waals surface area contributed by atoms with E-state index >= 15 is 0 Å². The molecular weight excluding hydrogens is 381 g/mol. The fourth-order valence-electron chi connectivity index (χ4n) is 2.69. The van der Waals surface area contributed by atoms with E-state index in [0.717, 1.165) is 5.56 Å². The molecule has 3 aromatic rings. The molecular formula is C22H17Cl2NO2. The maximum absolute atomic E-state index is 12.6. The van der Waals surface area contributed by atoms with Crippen molar-refractivity contribution in [2.24, 2.45) is 0 Å². The van der Waals surface area contributed by atoms with Crippen molar-refractivity contribution < 1.29 is 9.59 Å². The van der Waals surface area contributed by atoms with E-state index in [0.29, 0.717) is 26.9 Å². The van der Waals surface area contributed by atoms with E-state index in [2.05, 4.69) is 5.32 Å². The highest BCUT2D eigenvalue weighted by Gasteiger charge is 2.18. The third-order valence-electron chi connectivity index (χ3n) is 4.26. The highest BCUT2D eigenvalue weighted by molar-refractivity contribution is 6.35. The number of benzene rings is 3. The van der Waals surface area contributed by atoms with Gasteiger partial charge in [0.2, 0.25) is 5.91 Å². The summed E-state index contributed by atoms with van der Waals surface area (Å²) in [4.78, 5) is 25.3. The molecule has 1 amide bonds. The zero-order valence-electron chi connectivity index (χ0n) is 14.6. The van der Waals surface area contributed by atoms with Crippen LogP contribution in [0.5, 0.6) is 0 Å². The Morgan fingerprint density at radius 1 is 0.852 bits per heavy atom. The second-order valence-corrected chi connectivity index (χ2v) is 7.00. The lowest BCUT2D eigenvalue weighted by atomic mass is 9.95. The Balaban J connectivity index is 1.80. The summed E-state index contributed by atoms with van der Waals surface area (Å²) in [5.74, 6) is -0.782. The van der Waals surface area contributed by atoms with Crippen LogP contribution in [-0.2, 0) is 4.79 Å². The summed E-state index contributed by atoms with van der Waals surface area (Å²) in [5, 5.41) is 3.68. The first-order chi connectivity index (χ1) is 13.0. The van der Waals surface area contributed by atoms with Gasteiger partial charge < -0.3 is 5.32 Å². The van der Waals surface area contributed by atoms with Crippen molar-refractivity contribution in [3.05, 3.63) is 99.5 Å². The zero-order chi connectivity index (χ0) is 19.4. The molecule has 3 nitrogen and oxygen atoms in total. The number of carbonyl (C=O) groups is 2. The summed E-state index contributed by atoms with van der Waals surface area (Å²) in [5.41, 5.74) is 2.35. The lowest BCUT2D eigenvalue weighted by Crippen LogP contribution is -2.19. The van der Waals surface area contributed by atoms with E-state index in [9.17, 15) is 9.59 Å². The molecule has 1 atom stereocenters. The number of ketones is 1. The molecule has 27 heavy (non-hydrogen) atoms. The van der Waals surface area contributed by atoms with E-state index < -0.39 is 5.92 Å². The molecule has 0 heterocycles. The van der Waals surface area contributed by atoms with Crippen molar-refractivity contribution in [1.29, 1.82) is 0 Å². The second kappa shape index (κ2) is 8.38. The van der Waals surface area contributed by atoms with Gasteiger partial charge in [-0.15, -0.1) is 0 Å². The van der Waals surface area contributed by atoms with Gasteiger partial charge in [-0.1, -0.05) is 71.7 Å². The molecule has 5 heteroatoms. The Hall–Kier alpha value is -2.62. The third kappa shape index (κ3) is 4.57. The predicted octanol–water partition coefficient (Wildman–Crippen LogP) is 5.97. The molecule has 0 aliphatic rings. The van der Waals surface area contributed by atoms with Gasteiger partial charge in [0, 0.05) is 16.1 Å². The molecule has 136 valence electrons. The predicted molar refractivity (Wildman–Crippen MR) is 110 cm³/mol. The fourth-order valence-corrected chi connectivity index (χ4v) is 3.03. The van der Waals surface area contributed by atoms with Crippen molar-refractivity contribution in [3.8, 4) is 0 Å². The Bertz CT molecular complexity index is 987. The minimum Gasteiger partial charge on any atom is -0.324 e. The summed E-state index contributed by atoms with van der Waals surface area (Å²) < 4.78 is 0. The summed E-state index contributed by atoms with van der Waals surface area (Å²) >= 11 is 12.1. The van der Waals surface area contributed by atoms with Gasteiger partial charge in [-0.2, -0.15) is 0 Å². The van der Waals surface area contributed by atoms with Crippen molar-refractivity contribution >= 4 is 40.6 Å². The van der Waals surface area contributed by atoms with E-state index in [1.54, 1.807) is 55.5 Å². The van der Waals surface area contributed by atoms with Gasteiger partial charge in [0.05, 0.1) is 16.6 Å². The van der Waals surface area contributed by atoms with Gasteiger partial charge in [0.15, 0.2) is 5.78 Å². The SMILES string of the molecule is CC(C(=O)Nc1cc(Cl)ccc1Cl)c1cccc(C(=O)c2ccccc2)c1. The lowest BCUT2D eigenvalue weighted by Gasteiger charge is -2.14. The van der Waals surface area contributed by atoms with Crippen LogP contribution >= 0.6 is 23.2 Å². The van der Waals surface area contributed by atoms with E-state index in [-0.39, 0.29) is 11.7 Å². The summed E-state index contributed by atoms with van der Waals surface area (Å²) in [6.45, 7) is 1.78. The maximum Gasteiger partial charge on any atom is 0.231 e. The minimum absolute atomic E-state index is 0.0806. The van der Waals surface area contributed by atoms with Gasteiger partial charge >= 0.3 is 0 Å². The van der Waals surface area contributed by atoms with Gasteiger partial charge in [0.1, 0.15) is 0 Å². The number of nitrogens with one attached hydrogen (secondary N) is 1. The maximum atomic E-state index is 12.6. The topological polar surface area (TPSA) is 46.2 Å². The van der Waals surface area contributed by atoms with Crippen molar-refractivity contribution in [1.82, 2.24) is 0 Å². The molecule has 1 N–H and O–H groups in total. The number of hydrogen-bond acceptors (Lipinski definition) is 2. The van der Waals surface area contributed by atoms with Crippen LogP contribution in [0.4, 0.5) is 5.69 Å². The average Bonchev–Trinajstić information content (AvgIpc) is 2.70. The van der Waals surface area contributed by atoms with Crippen molar-refractivity contribution in [3.63, 3.8) is 0 Å². The number of anilines is 1. The first kappa shape index (κ1) is 19.2. The molecule has 1 unspecified atom stereocenters. The molecule has 3 aromatic carbocycles. The summed E-state index contributed by atoms with van der Waals surface area (Å²) in [7, 11) is 0. The molecule has 0 saturated carbocycles. The van der Waals surface area contributed by atoms with Crippen LogP contribution in [0.25, 0.3) is 0 Å². The van der Waals surface area contributed by atoms with Crippen LogP contribution in [-0.4, -0.2) is 11.7 Å². The smallest absolute Gasteiger partial charge is 0.231 e. The normalized spacial score (nSPS) is 11.7. The molecule has 0 radical (unpaired) electrons. The Morgan fingerprint density at radius 2 is 1.56 bits per heavy atom. The van der Waals surface area contributed by atoms with Crippen LogP contribution in [0.2, 0.25) is 10.0 Å². The van der Waals surface area contributed by atoms with Gasteiger partial charge in [-0.3, -0.25) is 9.59 Å². The average molecular weight is 398 g/mol. The van der Waals surface area contributed by atoms with Crippen LogP contribution < -0.4 is 5.32 Å². The number of carbonyl (C=O) groups excluding carboxylic acids is 2. The molecule has 0 fully saturated rings. The van der Waals surface area contributed by atoms with Crippen molar-refractivity contribution in [2.75, 3.05) is 5.32 Å². The molecule has 0 aliphatic carbocycles. The van der Waals surface area contributed by atoms with Crippen LogP contribution in [0.15, 0.2) is 72.8 Å². The zero-order valence-corrected chi connectivity index (χ0v) is 16.1. The molecule has 0 aromatic heterocycles. The first-order valence-electron chi connectivity index (χ1n) is 8.41. The Morgan fingerprint density at radius 3 is 2.30 bits per heavy atom. The first-order valence-corrected chi connectivity index (χ1v) is 9.17. The third-order valence-corrected chi connectivity index (χ3v) is 4.83. The minimum atomic E-state index is -0.469. The number of rotatable bonds is 5. The van der Waals surface area contributed by atoms with Crippen molar-refractivity contribution in [2.45, 2.75) is 12.8 Å². The van der Waals surface area contributed by atoms with E-state index in [1.165, 1.54) is 0 Å². The number of halogens is 2. The highest BCUT2D eigenvalue weighted by atomic mass is 35.5. The Labute approximate surface area is 167 Å². The van der Waals surface area contributed by atoms with E-state index in [4.69, 9.17) is 23.2 Å². The fraction of sp³-hybridized carbons (Fsp3) is 0.0909. The molecule has 0 saturated heterocycles. The summed E-state index contributed by atoms with van der Waals surface area (Å²) in [6.07, 6.45) is 0. The quantitative estimate of drug-likeness (QED) is 0.539. The van der Waals surface area contributed by atoms with Crippen LogP contribution in [0.3, 0.4) is 0 Å². The van der Waals surface area contributed by atoms with Gasteiger partial charge in [-0.25, -0.2) is 0 Å². The number of hydrogen-bond donors (Lipinski definition) is 1. The molecule has 3 rings (SSSR count). The standard InChI is InChI=1S/C22H17Cl2NO2/c1-14(22(27)25-20-13-18(23)10-11-19(20)24)16-8-5-9-17(12-16)21(26)15-6-3-2-4-7-15/h2-14H,1H3,(H,25,27). The highest BCUT2D eigenvalue weighted by Crippen LogP contribution is 2.27. The monoisotopic (exact) mass is 397 g/mol. The summed E-state index contributed by atoms with van der Waals surface area (Å²) in [6, 6.07) is 21.0. The van der Waals surface area contributed by atoms with E-state index in [1.807, 2.05) is 24.3 Å². The lowest BCUT2D eigenvalue weighted by molar-refractivity contribution is -0.117. The number of amides is 1. The molecule has 0 bridgehead atoms. The molecule has 0 spiro atoms. The Kier molecular flexibility index (Phi) is 5.94. The second-order valence-electron chi connectivity index (χ2n) is 6.16. The van der Waals surface area contributed by atoms with Crippen LogP contribution in [0.1, 0.15) is 34.3 Å².